The molecule has 4 rings (SSSR count). The highest BCUT2D eigenvalue weighted by Gasteiger charge is 2.55. The number of carbonyl (C=O) groups excluding carboxylic acids is 1. The van der Waals surface area contributed by atoms with E-state index in [4.69, 9.17) is 9.47 Å². The van der Waals surface area contributed by atoms with Gasteiger partial charge in [0.05, 0.1) is 12.6 Å². The van der Waals surface area contributed by atoms with Gasteiger partial charge in [-0.15, -0.1) is 0 Å². The van der Waals surface area contributed by atoms with E-state index in [1.807, 2.05) is 25.7 Å². The van der Waals surface area contributed by atoms with Crippen molar-refractivity contribution in [2.45, 2.75) is 64.3 Å². The fourth-order valence-corrected chi connectivity index (χ4v) is 3.78. The van der Waals surface area contributed by atoms with Gasteiger partial charge in [0, 0.05) is 25.2 Å². The van der Waals surface area contributed by atoms with Gasteiger partial charge in [-0.05, 0) is 52.4 Å². The zero-order chi connectivity index (χ0) is 15.2. The number of fused-ring (bicyclic) bond motifs is 1. The Balaban J connectivity index is 1.53. The maximum atomic E-state index is 12.2. The lowest BCUT2D eigenvalue weighted by Crippen LogP contribution is -2.57. The predicted octanol–water partition coefficient (Wildman–Crippen LogP) is 2.01. The Kier molecular flexibility index (Phi) is 3.91. The van der Waals surface area contributed by atoms with Crippen molar-refractivity contribution < 1.29 is 14.3 Å². The topological polar surface area (TPSA) is 50.8 Å². The number of hydrogen-bond donors (Lipinski definition) is 1. The van der Waals surface area contributed by atoms with Crippen LogP contribution in [0.5, 0.6) is 0 Å². The number of nitrogens with zero attached hydrogens (tertiary/aromatic N) is 1. The summed E-state index contributed by atoms with van der Waals surface area (Å²) in [5, 5.41) is 3.74. The van der Waals surface area contributed by atoms with Crippen LogP contribution in [-0.2, 0) is 9.47 Å². The first-order chi connectivity index (χ1) is 9.85. The molecule has 0 aromatic rings. The Morgan fingerprint density at radius 2 is 2.19 bits per heavy atom. The SMILES string of the molecule is CC(NC1C2CC1N(C(=O)OC(C)(C)C)C2)C1CCOC1. The Morgan fingerprint density at radius 3 is 2.81 bits per heavy atom. The average Bonchev–Trinajstić information content (AvgIpc) is 3.06. The smallest absolute Gasteiger partial charge is 0.410 e. The van der Waals surface area contributed by atoms with Crippen molar-refractivity contribution in [2.24, 2.45) is 11.8 Å². The highest BCUT2D eigenvalue weighted by atomic mass is 16.6. The number of amides is 1. The van der Waals surface area contributed by atoms with Crippen LogP contribution in [0, 0.1) is 11.8 Å². The molecule has 5 atom stereocenters. The molecule has 3 saturated heterocycles. The molecule has 21 heavy (non-hydrogen) atoms. The molecular formula is C16H28N2O3. The zero-order valence-corrected chi connectivity index (χ0v) is 13.6. The van der Waals surface area contributed by atoms with E-state index >= 15 is 0 Å². The summed E-state index contributed by atoms with van der Waals surface area (Å²) in [6.07, 6.45) is 2.10. The van der Waals surface area contributed by atoms with Crippen molar-refractivity contribution in [3.63, 3.8) is 0 Å². The van der Waals surface area contributed by atoms with Crippen LogP contribution in [0.3, 0.4) is 0 Å². The summed E-state index contributed by atoms with van der Waals surface area (Å²) in [5.41, 5.74) is -0.415. The zero-order valence-electron chi connectivity index (χ0n) is 13.6. The second kappa shape index (κ2) is 5.43. The van der Waals surface area contributed by atoms with Crippen LogP contribution >= 0.6 is 0 Å². The van der Waals surface area contributed by atoms with Gasteiger partial charge >= 0.3 is 6.09 Å². The molecule has 0 spiro atoms. The maximum Gasteiger partial charge on any atom is 0.410 e. The van der Waals surface area contributed by atoms with Gasteiger partial charge in [-0.25, -0.2) is 4.79 Å². The molecule has 1 N–H and O–H groups in total. The molecule has 4 aliphatic rings. The van der Waals surface area contributed by atoms with Crippen molar-refractivity contribution in [1.29, 1.82) is 0 Å². The van der Waals surface area contributed by atoms with Crippen molar-refractivity contribution in [3.8, 4) is 0 Å². The number of nitrogens with one attached hydrogen (secondary N) is 1. The van der Waals surface area contributed by atoms with Crippen LogP contribution in [0.1, 0.15) is 40.5 Å². The molecule has 0 aromatic heterocycles. The normalized spacial score (nSPS) is 36.5. The van der Waals surface area contributed by atoms with E-state index in [1.165, 1.54) is 0 Å². The third-order valence-electron chi connectivity index (χ3n) is 5.05. The summed E-state index contributed by atoms with van der Waals surface area (Å²) < 4.78 is 11.0. The van der Waals surface area contributed by atoms with Crippen molar-refractivity contribution in [1.82, 2.24) is 10.2 Å². The van der Waals surface area contributed by atoms with Gasteiger partial charge in [-0.2, -0.15) is 0 Å². The number of carbonyl (C=O) groups is 1. The highest BCUT2D eigenvalue weighted by Crippen LogP contribution is 2.42. The first kappa shape index (κ1) is 15.1. The first-order valence-electron chi connectivity index (χ1n) is 8.18. The van der Waals surface area contributed by atoms with Crippen LogP contribution in [0.15, 0.2) is 0 Å². The Morgan fingerprint density at radius 1 is 1.43 bits per heavy atom. The molecule has 1 amide bonds. The number of hydrogen-bond acceptors (Lipinski definition) is 4. The maximum absolute atomic E-state index is 12.2. The van der Waals surface area contributed by atoms with Gasteiger partial charge < -0.3 is 19.7 Å². The molecule has 120 valence electrons. The Hall–Kier alpha value is -0.810. The highest BCUT2D eigenvalue weighted by molar-refractivity contribution is 5.70. The molecule has 0 radical (unpaired) electrons. The molecule has 2 bridgehead atoms. The van der Waals surface area contributed by atoms with Crippen LogP contribution in [-0.4, -0.2) is 54.5 Å². The van der Waals surface area contributed by atoms with E-state index in [1.54, 1.807) is 0 Å². The fraction of sp³-hybridized carbons (Fsp3) is 0.938. The summed E-state index contributed by atoms with van der Waals surface area (Å²) in [5.74, 6) is 1.20. The lowest BCUT2D eigenvalue weighted by molar-refractivity contribution is 0.0216. The minimum absolute atomic E-state index is 0.156. The Bertz CT molecular complexity index is 401. The molecule has 1 aliphatic carbocycles. The quantitative estimate of drug-likeness (QED) is 0.865. The van der Waals surface area contributed by atoms with Crippen LogP contribution in [0.2, 0.25) is 0 Å². The molecule has 4 fully saturated rings. The van der Waals surface area contributed by atoms with Crippen LogP contribution in [0.4, 0.5) is 4.79 Å². The van der Waals surface area contributed by atoms with E-state index in [9.17, 15) is 4.79 Å². The van der Waals surface area contributed by atoms with E-state index in [-0.39, 0.29) is 6.09 Å². The summed E-state index contributed by atoms with van der Waals surface area (Å²) >= 11 is 0. The fourth-order valence-electron chi connectivity index (χ4n) is 3.78. The standard InChI is InChI=1S/C16H28N2O3/c1-10(11-5-6-20-9-11)17-14-12-7-13(14)18(8-12)15(19)21-16(2,3)4/h10-14,17H,5-9H2,1-4H3. The van der Waals surface area contributed by atoms with Crippen LogP contribution in [0.25, 0.3) is 0 Å². The third-order valence-corrected chi connectivity index (χ3v) is 5.05. The van der Waals surface area contributed by atoms with Crippen molar-refractivity contribution >= 4 is 6.09 Å². The second-order valence-electron chi connectivity index (χ2n) is 7.80. The van der Waals surface area contributed by atoms with E-state index in [2.05, 4.69) is 12.2 Å². The molecular weight excluding hydrogens is 268 g/mol. The van der Waals surface area contributed by atoms with Gasteiger partial charge in [0.25, 0.3) is 0 Å². The molecule has 0 aromatic carbocycles. The first-order valence-corrected chi connectivity index (χ1v) is 8.18. The molecule has 3 heterocycles. The van der Waals surface area contributed by atoms with Crippen molar-refractivity contribution in [3.05, 3.63) is 0 Å². The predicted molar refractivity (Wildman–Crippen MR) is 80.1 cm³/mol. The van der Waals surface area contributed by atoms with Crippen molar-refractivity contribution in [2.75, 3.05) is 19.8 Å². The molecule has 5 nitrogen and oxygen atoms in total. The summed E-state index contributed by atoms with van der Waals surface area (Å²) in [7, 11) is 0. The minimum atomic E-state index is -0.415. The monoisotopic (exact) mass is 296 g/mol. The van der Waals surface area contributed by atoms with E-state index < -0.39 is 5.60 Å². The van der Waals surface area contributed by atoms with Gasteiger partial charge in [0.2, 0.25) is 0 Å². The average molecular weight is 296 g/mol. The molecule has 3 aliphatic heterocycles. The largest absolute Gasteiger partial charge is 0.444 e. The summed E-state index contributed by atoms with van der Waals surface area (Å²) in [6, 6.07) is 1.21. The lowest BCUT2D eigenvalue weighted by atomic mass is 9.79. The van der Waals surface area contributed by atoms with E-state index in [0.29, 0.717) is 30.0 Å². The third kappa shape index (κ3) is 3.04. The van der Waals surface area contributed by atoms with Gasteiger partial charge in [-0.3, -0.25) is 0 Å². The lowest BCUT2D eigenvalue weighted by Gasteiger charge is -2.40. The summed E-state index contributed by atoms with van der Waals surface area (Å²) in [6.45, 7) is 10.6. The summed E-state index contributed by atoms with van der Waals surface area (Å²) in [4.78, 5) is 14.2. The Labute approximate surface area is 127 Å². The van der Waals surface area contributed by atoms with Gasteiger partial charge in [-0.1, -0.05) is 0 Å². The van der Waals surface area contributed by atoms with Gasteiger partial charge in [0.1, 0.15) is 5.60 Å². The van der Waals surface area contributed by atoms with Crippen LogP contribution < -0.4 is 5.32 Å². The number of ether oxygens (including phenoxy) is 2. The minimum Gasteiger partial charge on any atom is -0.444 e. The second-order valence-corrected chi connectivity index (χ2v) is 7.80. The molecule has 5 heteroatoms. The number of rotatable bonds is 3. The molecule has 5 unspecified atom stereocenters. The van der Waals surface area contributed by atoms with Gasteiger partial charge in [0.15, 0.2) is 0 Å². The molecule has 1 saturated carbocycles. The van der Waals surface area contributed by atoms with E-state index in [0.717, 1.165) is 32.6 Å².